The minimum absolute atomic E-state index is 0.0894. The summed E-state index contributed by atoms with van der Waals surface area (Å²) in [4.78, 5) is 26.1. The summed E-state index contributed by atoms with van der Waals surface area (Å²) in [5.41, 5.74) is 1.00. The summed E-state index contributed by atoms with van der Waals surface area (Å²) in [6.07, 6.45) is 0.159. The summed E-state index contributed by atoms with van der Waals surface area (Å²) < 4.78 is 23.7. The molecule has 1 aliphatic heterocycles. The highest BCUT2D eigenvalue weighted by Gasteiger charge is 2.32. The first-order chi connectivity index (χ1) is 13.4. The Balaban J connectivity index is 1.64. The molecule has 3 rings (SSSR count). The average Bonchev–Trinajstić information content (AvgIpc) is 3.04. The number of carbonyl (C=O) groups is 2. The van der Waals surface area contributed by atoms with Gasteiger partial charge in [-0.05, 0) is 30.3 Å². The van der Waals surface area contributed by atoms with Gasteiger partial charge < -0.3 is 25.0 Å². The minimum atomic E-state index is -0.570. The number of ether oxygens (including phenoxy) is 2. The summed E-state index contributed by atoms with van der Waals surface area (Å²) in [6.45, 7) is 0.311. The summed E-state index contributed by atoms with van der Waals surface area (Å²) >= 11 is 5.70. The van der Waals surface area contributed by atoms with Crippen molar-refractivity contribution in [1.82, 2.24) is 5.32 Å². The highest BCUT2D eigenvalue weighted by atomic mass is 35.5. The fourth-order valence-corrected chi connectivity index (χ4v) is 3.15. The number of hydrogen-bond donors (Lipinski definition) is 2. The molecule has 0 saturated carbocycles. The lowest BCUT2D eigenvalue weighted by molar-refractivity contribution is -0.117. The summed E-state index contributed by atoms with van der Waals surface area (Å²) in [5.74, 6) is 0.377. The van der Waals surface area contributed by atoms with Crippen LogP contribution in [0.4, 0.5) is 20.6 Å². The highest BCUT2D eigenvalue weighted by molar-refractivity contribution is 6.31. The maximum Gasteiger partial charge on any atom is 0.319 e. The van der Waals surface area contributed by atoms with Crippen molar-refractivity contribution < 1.29 is 23.5 Å². The quantitative estimate of drug-likeness (QED) is 0.795. The second-order valence-electron chi connectivity index (χ2n) is 6.17. The average molecular weight is 408 g/mol. The van der Waals surface area contributed by atoms with E-state index in [4.69, 9.17) is 21.1 Å². The molecule has 0 spiro atoms. The predicted molar refractivity (Wildman–Crippen MR) is 104 cm³/mol. The van der Waals surface area contributed by atoms with Crippen LogP contribution in [-0.4, -0.2) is 38.7 Å². The van der Waals surface area contributed by atoms with Gasteiger partial charge in [-0.15, -0.1) is 0 Å². The first-order valence-corrected chi connectivity index (χ1v) is 8.84. The SMILES string of the molecule is COc1ccc(N2C[C@H](NC(=O)Nc3ccc(F)c(Cl)c3)CC2=O)cc1OC. The fourth-order valence-electron chi connectivity index (χ4n) is 2.97. The monoisotopic (exact) mass is 407 g/mol. The molecule has 0 bridgehead atoms. The summed E-state index contributed by atoms with van der Waals surface area (Å²) in [5, 5.41) is 5.22. The minimum Gasteiger partial charge on any atom is -0.493 e. The molecule has 1 aliphatic rings. The van der Waals surface area contributed by atoms with Crippen LogP contribution >= 0.6 is 11.6 Å². The summed E-state index contributed by atoms with van der Waals surface area (Å²) in [6, 6.07) is 8.17. The molecule has 0 aliphatic carbocycles. The number of carbonyl (C=O) groups excluding carboxylic acids is 2. The van der Waals surface area contributed by atoms with Crippen molar-refractivity contribution in [3.8, 4) is 11.5 Å². The Hall–Kier alpha value is -3.00. The lowest BCUT2D eigenvalue weighted by Gasteiger charge is -2.19. The fraction of sp³-hybridized carbons (Fsp3) is 0.263. The van der Waals surface area contributed by atoms with Crippen LogP contribution in [0, 0.1) is 5.82 Å². The van der Waals surface area contributed by atoms with Crippen LogP contribution in [0.2, 0.25) is 5.02 Å². The second kappa shape index (κ2) is 8.35. The van der Waals surface area contributed by atoms with Crippen molar-refractivity contribution >= 4 is 34.9 Å². The van der Waals surface area contributed by atoms with Gasteiger partial charge in [-0.2, -0.15) is 0 Å². The van der Waals surface area contributed by atoms with Gasteiger partial charge >= 0.3 is 6.03 Å². The first kappa shape index (κ1) is 19.8. The zero-order chi connectivity index (χ0) is 20.3. The molecule has 1 fully saturated rings. The van der Waals surface area contributed by atoms with Gasteiger partial charge in [0.05, 0.1) is 25.3 Å². The zero-order valence-electron chi connectivity index (χ0n) is 15.3. The van der Waals surface area contributed by atoms with E-state index in [2.05, 4.69) is 10.6 Å². The van der Waals surface area contributed by atoms with E-state index in [1.807, 2.05) is 0 Å². The second-order valence-corrected chi connectivity index (χ2v) is 6.58. The molecule has 0 unspecified atom stereocenters. The largest absolute Gasteiger partial charge is 0.493 e. The third kappa shape index (κ3) is 4.28. The lowest BCUT2D eigenvalue weighted by Crippen LogP contribution is -2.39. The van der Waals surface area contributed by atoms with Crippen molar-refractivity contribution in [1.29, 1.82) is 0 Å². The molecule has 3 amide bonds. The number of halogens is 2. The number of rotatable bonds is 5. The third-order valence-electron chi connectivity index (χ3n) is 4.32. The van der Waals surface area contributed by atoms with Crippen molar-refractivity contribution in [2.75, 3.05) is 31.0 Å². The van der Waals surface area contributed by atoms with Gasteiger partial charge in [-0.3, -0.25) is 4.79 Å². The Labute approximate surface area is 166 Å². The molecule has 1 saturated heterocycles. The van der Waals surface area contributed by atoms with Crippen LogP contribution in [-0.2, 0) is 4.79 Å². The number of benzene rings is 2. The number of hydrogen-bond acceptors (Lipinski definition) is 4. The van der Waals surface area contributed by atoms with Crippen LogP contribution in [0.1, 0.15) is 6.42 Å². The number of nitrogens with one attached hydrogen (secondary N) is 2. The van der Waals surface area contributed by atoms with Crippen molar-refractivity contribution in [3.63, 3.8) is 0 Å². The molecule has 148 valence electrons. The molecule has 0 radical (unpaired) electrons. The molecular weight excluding hydrogens is 389 g/mol. The maximum absolute atomic E-state index is 13.2. The number of nitrogens with zero attached hydrogens (tertiary/aromatic N) is 1. The number of urea groups is 1. The Morgan fingerprint density at radius 3 is 2.61 bits per heavy atom. The molecule has 28 heavy (non-hydrogen) atoms. The van der Waals surface area contributed by atoms with E-state index >= 15 is 0 Å². The van der Waals surface area contributed by atoms with Crippen LogP contribution < -0.4 is 25.0 Å². The predicted octanol–water partition coefficient (Wildman–Crippen LogP) is 3.42. The van der Waals surface area contributed by atoms with Crippen molar-refractivity contribution in [2.45, 2.75) is 12.5 Å². The van der Waals surface area contributed by atoms with Crippen LogP contribution in [0.15, 0.2) is 36.4 Å². The van der Waals surface area contributed by atoms with Crippen LogP contribution in [0.3, 0.4) is 0 Å². The molecular formula is C19H19ClFN3O4. The van der Waals surface area contributed by atoms with Crippen LogP contribution in [0.25, 0.3) is 0 Å². The molecule has 2 aromatic rings. The van der Waals surface area contributed by atoms with Gasteiger partial charge in [0.1, 0.15) is 5.82 Å². The number of anilines is 2. The smallest absolute Gasteiger partial charge is 0.319 e. The van der Waals surface area contributed by atoms with Gasteiger partial charge in [0, 0.05) is 30.4 Å². The first-order valence-electron chi connectivity index (χ1n) is 8.46. The van der Waals surface area contributed by atoms with Gasteiger partial charge in [0.25, 0.3) is 0 Å². The summed E-state index contributed by atoms with van der Waals surface area (Å²) in [7, 11) is 3.05. The van der Waals surface area contributed by atoms with E-state index in [9.17, 15) is 14.0 Å². The van der Waals surface area contributed by atoms with Gasteiger partial charge in [-0.1, -0.05) is 11.6 Å². The molecule has 1 heterocycles. The lowest BCUT2D eigenvalue weighted by atomic mass is 10.2. The van der Waals surface area contributed by atoms with E-state index in [1.165, 1.54) is 26.4 Å². The maximum atomic E-state index is 13.2. The Bertz CT molecular complexity index is 909. The van der Waals surface area contributed by atoms with E-state index in [0.717, 1.165) is 6.07 Å². The zero-order valence-corrected chi connectivity index (χ0v) is 16.0. The molecule has 0 aromatic heterocycles. The van der Waals surface area contributed by atoms with Crippen molar-refractivity contribution in [3.05, 3.63) is 47.2 Å². The normalized spacial score (nSPS) is 16.1. The van der Waals surface area contributed by atoms with Gasteiger partial charge in [0.15, 0.2) is 11.5 Å². The Morgan fingerprint density at radius 2 is 1.93 bits per heavy atom. The van der Waals surface area contributed by atoms with Crippen LogP contribution in [0.5, 0.6) is 11.5 Å². The highest BCUT2D eigenvalue weighted by Crippen LogP contribution is 2.33. The van der Waals surface area contributed by atoms with Crippen molar-refractivity contribution in [2.24, 2.45) is 0 Å². The van der Waals surface area contributed by atoms with Gasteiger partial charge in [-0.25, -0.2) is 9.18 Å². The van der Waals surface area contributed by atoms with E-state index in [1.54, 1.807) is 23.1 Å². The van der Waals surface area contributed by atoms with E-state index in [0.29, 0.717) is 29.4 Å². The number of amides is 3. The molecule has 9 heteroatoms. The topological polar surface area (TPSA) is 79.9 Å². The van der Waals surface area contributed by atoms with Gasteiger partial charge in [0.2, 0.25) is 5.91 Å². The standard InChI is InChI=1S/C19H19ClFN3O4/c1-27-16-6-4-13(9-17(16)28-2)24-10-12(8-18(24)25)23-19(26)22-11-3-5-15(21)14(20)7-11/h3-7,9,12H,8,10H2,1-2H3,(H2,22,23,26)/t12-/m1/s1. The van der Waals surface area contributed by atoms with E-state index < -0.39 is 11.8 Å². The molecule has 2 N–H and O–H groups in total. The molecule has 7 nitrogen and oxygen atoms in total. The number of methoxy groups -OCH3 is 2. The Kier molecular flexibility index (Phi) is 5.89. The van der Waals surface area contributed by atoms with E-state index in [-0.39, 0.29) is 23.4 Å². The molecule has 1 atom stereocenters. The third-order valence-corrected chi connectivity index (χ3v) is 4.61. The molecule has 2 aromatic carbocycles. The Morgan fingerprint density at radius 1 is 1.18 bits per heavy atom.